The third-order valence-electron chi connectivity index (χ3n) is 4.24. The summed E-state index contributed by atoms with van der Waals surface area (Å²) in [6.45, 7) is 2.77. The molecule has 136 valence electrons. The summed E-state index contributed by atoms with van der Waals surface area (Å²) >= 11 is 0. The molecule has 1 heterocycles. The molecular weight excluding hydrogens is 350 g/mol. The number of rotatable bonds is 5. The van der Waals surface area contributed by atoms with E-state index in [-0.39, 0.29) is 10.8 Å². The third-order valence-corrected chi connectivity index (χ3v) is 6.06. The molecule has 7 heteroatoms. The minimum atomic E-state index is -3.56. The number of benzene rings is 2. The molecule has 0 unspecified atom stereocenters. The molecule has 0 aliphatic carbocycles. The van der Waals surface area contributed by atoms with Gasteiger partial charge in [-0.1, -0.05) is 24.3 Å². The van der Waals surface area contributed by atoms with Crippen LogP contribution in [0.25, 0.3) is 10.9 Å². The van der Waals surface area contributed by atoms with E-state index in [9.17, 15) is 13.2 Å². The van der Waals surface area contributed by atoms with Crippen molar-refractivity contribution in [3.8, 4) is 0 Å². The van der Waals surface area contributed by atoms with E-state index in [1.165, 1.54) is 26.2 Å². The summed E-state index contributed by atoms with van der Waals surface area (Å²) in [7, 11) is -0.612. The normalized spacial score (nSPS) is 11.8. The van der Waals surface area contributed by atoms with Gasteiger partial charge in [-0.05, 0) is 31.2 Å². The minimum Gasteiger partial charge on any atom is -0.347 e. The molecule has 1 N–H and O–H groups in total. The SMILES string of the molecule is CCn1cc(C(=O)Nc2cccc(S(=O)(=O)N(C)C)c2)c2ccccc21. The number of amides is 1. The van der Waals surface area contributed by atoms with Crippen LogP contribution in [0.2, 0.25) is 0 Å². The minimum absolute atomic E-state index is 0.135. The molecular formula is C19H21N3O3S. The first kappa shape index (κ1) is 18.2. The number of nitrogens with zero attached hydrogens (tertiary/aromatic N) is 2. The maximum Gasteiger partial charge on any atom is 0.257 e. The fourth-order valence-electron chi connectivity index (χ4n) is 2.83. The van der Waals surface area contributed by atoms with Crippen LogP contribution in [0.15, 0.2) is 59.6 Å². The van der Waals surface area contributed by atoms with Crippen molar-refractivity contribution in [2.75, 3.05) is 19.4 Å². The van der Waals surface area contributed by atoms with E-state index in [1.54, 1.807) is 12.1 Å². The number of aromatic nitrogens is 1. The van der Waals surface area contributed by atoms with Crippen molar-refractivity contribution in [3.05, 3.63) is 60.3 Å². The number of hydrogen-bond donors (Lipinski definition) is 1. The molecule has 0 radical (unpaired) electrons. The Morgan fingerprint density at radius 2 is 1.85 bits per heavy atom. The summed E-state index contributed by atoms with van der Waals surface area (Å²) < 4.78 is 27.7. The van der Waals surface area contributed by atoms with Crippen LogP contribution in [-0.2, 0) is 16.6 Å². The lowest BCUT2D eigenvalue weighted by Gasteiger charge is -2.12. The maximum absolute atomic E-state index is 12.8. The maximum atomic E-state index is 12.8. The topological polar surface area (TPSA) is 71.4 Å². The van der Waals surface area contributed by atoms with Crippen molar-refractivity contribution >= 4 is 32.5 Å². The molecule has 0 atom stereocenters. The highest BCUT2D eigenvalue weighted by molar-refractivity contribution is 7.89. The standard InChI is InChI=1S/C19H21N3O3S/c1-4-22-13-17(16-10-5-6-11-18(16)22)19(23)20-14-8-7-9-15(12-14)26(24,25)21(2)3/h5-13H,4H2,1-3H3,(H,20,23). The molecule has 0 fully saturated rings. The van der Waals surface area contributed by atoms with Crippen LogP contribution in [0, 0.1) is 0 Å². The molecule has 0 aliphatic rings. The lowest BCUT2D eigenvalue weighted by Crippen LogP contribution is -2.22. The van der Waals surface area contributed by atoms with Crippen LogP contribution >= 0.6 is 0 Å². The highest BCUT2D eigenvalue weighted by atomic mass is 32.2. The predicted molar refractivity (Wildman–Crippen MR) is 103 cm³/mol. The van der Waals surface area contributed by atoms with Crippen molar-refractivity contribution in [1.82, 2.24) is 8.87 Å². The van der Waals surface area contributed by atoms with E-state index in [1.807, 2.05) is 42.0 Å². The van der Waals surface area contributed by atoms with Gasteiger partial charge in [-0.25, -0.2) is 12.7 Å². The third kappa shape index (κ3) is 3.23. The van der Waals surface area contributed by atoms with Gasteiger partial charge in [0.2, 0.25) is 10.0 Å². The molecule has 3 aromatic rings. The summed E-state index contributed by atoms with van der Waals surface area (Å²) in [6.07, 6.45) is 1.82. The van der Waals surface area contributed by atoms with Crippen molar-refractivity contribution in [1.29, 1.82) is 0 Å². The van der Waals surface area contributed by atoms with E-state index < -0.39 is 10.0 Å². The predicted octanol–water partition coefficient (Wildman–Crippen LogP) is 3.16. The number of anilines is 1. The van der Waals surface area contributed by atoms with Crippen LogP contribution in [0.1, 0.15) is 17.3 Å². The van der Waals surface area contributed by atoms with Crippen molar-refractivity contribution in [2.24, 2.45) is 0 Å². The Balaban J connectivity index is 1.95. The number of aryl methyl sites for hydroxylation is 1. The molecule has 0 aliphatic heterocycles. The summed E-state index contributed by atoms with van der Waals surface area (Å²) in [5, 5.41) is 3.67. The smallest absolute Gasteiger partial charge is 0.257 e. The summed E-state index contributed by atoms with van der Waals surface area (Å²) in [5.74, 6) is -0.271. The van der Waals surface area contributed by atoms with E-state index in [0.717, 1.165) is 21.8 Å². The Bertz CT molecular complexity index is 1070. The van der Waals surface area contributed by atoms with E-state index in [4.69, 9.17) is 0 Å². The quantitative estimate of drug-likeness (QED) is 0.749. The van der Waals surface area contributed by atoms with E-state index >= 15 is 0 Å². The van der Waals surface area contributed by atoms with Crippen molar-refractivity contribution in [2.45, 2.75) is 18.4 Å². The van der Waals surface area contributed by atoms with Gasteiger partial charge in [-0.15, -0.1) is 0 Å². The molecule has 1 amide bonds. The average molecular weight is 371 g/mol. The lowest BCUT2D eigenvalue weighted by atomic mass is 10.1. The zero-order valence-electron chi connectivity index (χ0n) is 14.9. The number of carbonyl (C=O) groups is 1. The number of sulfonamides is 1. The van der Waals surface area contributed by atoms with Crippen LogP contribution < -0.4 is 5.32 Å². The van der Waals surface area contributed by atoms with Gasteiger partial charge in [0.15, 0.2) is 0 Å². The fourth-order valence-corrected chi connectivity index (χ4v) is 3.78. The second-order valence-corrected chi connectivity index (χ2v) is 8.27. The lowest BCUT2D eigenvalue weighted by molar-refractivity contribution is 0.102. The molecule has 1 aromatic heterocycles. The molecule has 0 spiro atoms. The molecule has 0 saturated heterocycles. The Morgan fingerprint density at radius 3 is 2.54 bits per heavy atom. The van der Waals surface area contributed by atoms with Crippen LogP contribution in [0.5, 0.6) is 0 Å². The molecule has 26 heavy (non-hydrogen) atoms. The Morgan fingerprint density at radius 1 is 1.12 bits per heavy atom. The van der Waals surface area contributed by atoms with Gasteiger partial charge in [0, 0.05) is 43.4 Å². The monoisotopic (exact) mass is 371 g/mol. The number of fused-ring (bicyclic) bond motifs is 1. The molecule has 0 bridgehead atoms. The number of nitrogens with one attached hydrogen (secondary N) is 1. The number of hydrogen-bond acceptors (Lipinski definition) is 3. The fraction of sp³-hybridized carbons (Fsp3) is 0.211. The summed E-state index contributed by atoms with van der Waals surface area (Å²) in [4.78, 5) is 12.9. The van der Waals surface area contributed by atoms with Gasteiger partial charge in [0.1, 0.15) is 0 Å². The first-order chi connectivity index (χ1) is 12.3. The van der Waals surface area contributed by atoms with Gasteiger partial charge < -0.3 is 9.88 Å². The zero-order chi connectivity index (χ0) is 18.9. The van der Waals surface area contributed by atoms with Gasteiger partial charge in [-0.3, -0.25) is 4.79 Å². The highest BCUT2D eigenvalue weighted by Gasteiger charge is 2.19. The summed E-state index contributed by atoms with van der Waals surface area (Å²) in [6, 6.07) is 14.0. The molecule has 0 saturated carbocycles. The molecule has 3 rings (SSSR count). The summed E-state index contributed by atoms with van der Waals surface area (Å²) in [5.41, 5.74) is 1.98. The number of para-hydroxylation sites is 1. The van der Waals surface area contributed by atoms with Crippen LogP contribution in [-0.4, -0.2) is 37.3 Å². The van der Waals surface area contributed by atoms with Crippen LogP contribution in [0.3, 0.4) is 0 Å². The van der Waals surface area contributed by atoms with Crippen molar-refractivity contribution in [3.63, 3.8) is 0 Å². The number of carbonyl (C=O) groups excluding carboxylic acids is 1. The van der Waals surface area contributed by atoms with E-state index in [2.05, 4.69) is 5.32 Å². The highest BCUT2D eigenvalue weighted by Crippen LogP contribution is 2.23. The average Bonchev–Trinajstić information content (AvgIpc) is 3.01. The Labute approximate surface area is 153 Å². The van der Waals surface area contributed by atoms with Crippen molar-refractivity contribution < 1.29 is 13.2 Å². The molecule has 6 nitrogen and oxygen atoms in total. The largest absolute Gasteiger partial charge is 0.347 e. The van der Waals surface area contributed by atoms with Gasteiger partial charge in [0.25, 0.3) is 5.91 Å². The van der Waals surface area contributed by atoms with Crippen LogP contribution in [0.4, 0.5) is 5.69 Å². The van der Waals surface area contributed by atoms with Gasteiger partial charge in [-0.2, -0.15) is 0 Å². The Hall–Kier alpha value is -2.64. The van der Waals surface area contributed by atoms with E-state index in [0.29, 0.717) is 11.3 Å². The zero-order valence-corrected chi connectivity index (χ0v) is 15.7. The van der Waals surface area contributed by atoms with Gasteiger partial charge >= 0.3 is 0 Å². The molecule has 2 aromatic carbocycles. The second kappa shape index (κ2) is 6.93. The Kier molecular flexibility index (Phi) is 4.84. The second-order valence-electron chi connectivity index (χ2n) is 6.12. The first-order valence-corrected chi connectivity index (χ1v) is 9.70. The van der Waals surface area contributed by atoms with Gasteiger partial charge in [0.05, 0.1) is 10.5 Å². The first-order valence-electron chi connectivity index (χ1n) is 8.26.